The van der Waals surface area contributed by atoms with E-state index in [2.05, 4.69) is 4.98 Å². The summed E-state index contributed by atoms with van der Waals surface area (Å²) in [5.74, 6) is 0.399. The number of hydrogen-bond acceptors (Lipinski definition) is 3. The van der Waals surface area contributed by atoms with Crippen LogP contribution in [0.4, 0.5) is 5.82 Å². The molecule has 5 nitrogen and oxygen atoms in total. The molecule has 0 radical (unpaired) electrons. The summed E-state index contributed by atoms with van der Waals surface area (Å²) in [6.07, 6.45) is 0. The van der Waals surface area contributed by atoms with Gasteiger partial charge in [-0.25, -0.2) is 4.98 Å². The molecule has 0 saturated heterocycles. The monoisotopic (exact) mass is 230 g/mol. The van der Waals surface area contributed by atoms with Crippen LogP contribution in [-0.2, 0) is 6.54 Å². The van der Waals surface area contributed by atoms with E-state index in [1.54, 1.807) is 11.5 Å². The minimum atomic E-state index is -0.600. The van der Waals surface area contributed by atoms with E-state index in [1.807, 2.05) is 30.3 Å². The summed E-state index contributed by atoms with van der Waals surface area (Å²) in [5, 5.41) is 0. The number of carbonyl (C=O) groups excluding carboxylic acids is 1. The number of benzene rings is 1. The second-order valence-corrected chi connectivity index (χ2v) is 3.83. The maximum absolute atomic E-state index is 11.1. The minimum absolute atomic E-state index is 0.137. The van der Waals surface area contributed by atoms with Crippen molar-refractivity contribution in [2.45, 2.75) is 13.5 Å². The van der Waals surface area contributed by atoms with Crippen LogP contribution >= 0.6 is 0 Å². The van der Waals surface area contributed by atoms with E-state index < -0.39 is 5.91 Å². The van der Waals surface area contributed by atoms with Gasteiger partial charge in [0.2, 0.25) is 0 Å². The van der Waals surface area contributed by atoms with Crippen LogP contribution in [0.2, 0.25) is 0 Å². The van der Waals surface area contributed by atoms with Crippen LogP contribution < -0.4 is 11.5 Å². The highest BCUT2D eigenvalue weighted by Gasteiger charge is 2.15. The number of anilines is 1. The van der Waals surface area contributed by atoms with Crippen LogP contribution in [0.15, 0.2) is 30.3 Å². The first-order valence-electron chi connectivity index (χ1n) is 5.26. The molecule has 0 atom stereocenters. The van der Waals surface area contributed by atoms with Crippen molar-refractivity contribution in [3.8, 4) is 0 Å². The van der Waals surface area contributed by atoms with Crippen LogP contribution in [-0.4, -0.2) is 15.5 Å². The maximum atomic E-state index is 11.1. The first-order valence-corrected chi connectivity index (χ1v) is 5.26. The van der Waals surface area contributed by atoms with E-state index >= 15 is 0 Å². The second kappa shape index (κ2) is 4.29. The fourth-order valence-electron chi connectivity index (χ4n) is 1.73. The standard InChI is InChI=1S/C12H14N4O/c1-8-15-10(12(14)17)11(13)16(8)7-9-5-3-2-4-6-9/h2-6H,7,13H2,1H3,(H2,14,17). The van der Waals surface area contributed by atoms with Gasteiger partial charge in [0.05, 0.1) is 6.54 Å². The summed E-state index contributed by atoms with van der Waals surface area (Å²) in [6.45, 7) is 2.38. The fraction of sp³-hybridized carbons (Fsp3) is 0.167. The van der Waals surface area contributed by atoms with Gasteiger partial charge in [0.15, 0.2) is 5.69 Å². The molecule has 88 valence electrons. The summed E-state index contributed by atoms with van der Waals surface area (Å²) in [4.78, 5) is 15.2. The second-order valence-electron chi connectivity index (χ2n) is 3.83. The fourth-order valence-corrected chi connectivity index (χ4v) is 1.73. The van der Waals surface area contributed by atoms with E-state index in [0.29, 0.717) is 18.2 Å². The molecule has 0 aliphatic rings. The normalized spacial score (nSPS) is 10.4. The van der Waals surface area contributed by atoms with Crippen LogP contribution in [0.25, 0.3) is 0 Å². The van der Waals surface area contributed by atoms with E-state index in [9.17, 15) is 4.79 Å². The van der Waals surface area contributed by atoms with Gasteiger partial charge in [0, 0.05) is 0 Å². The zero-order valence-corrected chi connectivity index (χ0v) is 9.55. The lowest BCUT2D eigenvalue weighted by molar-refractivity contribution is 0.0997. The molecule has 0 aliphatic heterocycles. The average Bonchev–Trinajstić information content (AvgIpc) is 2.58. The third kappa shape index (κ3) is 2.13. The Morgan fingerprint density at radius 2 is 2.00 bits per heavy atom. The van der Waals surface area contributed by atoms with Gasteiger partial charge in [-0.3, -0.25) is 4.79 Å². The highest BCUT2D eigenvalue weighted by Crippen LogP contribution is 2.15. The molecular formula is C12H14N4O. The molecule has 0 saturated carbocycles. The number of amides is 1. The average molecular weight is 230 g/mol. The summed E-state index contributed by atoms with van der Waals surface area (Å²) < 4.78 is 1.77. The summed E-state index contributed by atoms with van der Waals surface area (Å²) in [6, 6.07) is 9.83. The smallest absolute Gasteiger partial charge is 0.271 e. The summed E-state index contributed by atoms with van der Waals surface area (Å²) in [7, 11) is 0. The van der Waals surface area contributed by atoms with Crippen molar-refractivity contribution < 1.29 is 4.79 Å². The quantitative estimate of drug-likeness (QED) is 0.822. The SMILES string of the molecule is Cc1nc(C(N)=O)c(N)n1Cc1ccccc1. The topological polar surface area (TPSA) is 86.9 Å². The molecule has 0 fully saturated rings. The third-order valence-corrected chi connectivity index (χ3v) is 2.61. The Balaban J connectivity index is 2.37. The zero-order valence-electron chi connectivity index (χ0n) is 9.55. The number of carbonyl (C=O) groups is 1. The van der Waals surface area contributed by atoms with Crippen molar-refractivity contribution in [1.29, 1.82) is 0 Å². The number of nitrogens with zero attached hydrogens (tertiary/aromatic N) is 2. The van der Waals surface area contributed by atoms with Crippen LogP contribution in [0.3, 0.4) is 0 Å². The van der Waals surface area contributed by atoms with Gasteiger partial charge in [-0.05, 0) is 12.5 Å². The number of nitrogens with two attached hydrogens (primary N) is 2. The van der Waals surface area contributed by atoms with Crippen LogP contribution in [0.1, 0.15) is 21.9 Å². The lowest BCUT2D eigenvalue weighted by Gasteiger charge is -2.07. The zero-order chi connectivity index (χ0) is 12.4. The number of nitrogen functional groups attached to an aromatic ring is 1. The molecule has 1 aromatic carbocycles. The molecule has 0 spiro atoms. The number of rotatable bonds is 3. The van der Waals surface area contributed by atoms with Crippen molar-refractivity contribution in [1.82, 2.24) is 9.55 Å². The summed E-state index contributed by atoms with van der Waals surface area (Å²) in [5.41, 5.74) is 12.3. The van der Waals surface area contributed by atoms with Crippen LogP contribution in [0.5, 0.6) is 0 Å². The summed E-state index contributed by atoms with van der Waals surface area (Å²) >= 11 is 0. The van der Waals surface area contributed by atoms with Gasteiger partial charge in [0.25, 0.3) is 5.91 Å². The van der Waals surface area contributed by atoms with Crippen molar-refractivity contribution in [3.63, 3.8) is 0 Å². The molecule has 1 heterocycles. The number of imidazole rings is 1. The molecule has 5 heteroatoms. The Labute approximate surface area is 99.1 Å². The predicted molar refractivity (Wildman–Crippen MR) is 65.4 cm³/mol. The lowest BCUT2D eigenvalue weighted by atomic mass is 10.2. The highest BCUT2D eigenvalue weighted by molar-refractivity contribution is 5.95. The van der Waals surface area contributed by atoms with Gasteiger partial charge in [0.1, 0.15) is 11.6 Å². The van der Waals surface area contributed by atoms with Gasteiger partial charge in [-0.1, -0.05) is 30.3 Å². The molecule has 2 rings (SSSR count). The van der Waals surface area contributed by atoms with E-state index in [4.69, 9.17) is 11.5 Å². The molecule has 17 heavy (non-hydrogen) atoms. The lowest BCUT2D eigenvalue weighted by Crippen LogP contribution is -2.14. The molecule has 1 amide bonds. The van der Waals surface area contributed by atoms with E-state index in [1.165, 1.54) is 0 Å². The molecule has 0 bridgehead atoms. The molecule has 0 unspecified atom stereocenters. The van der Waals surface area contributed by atoms with Gasteiger partial charge in [-0.15, -0.1) is 0 Å². The largest absolute Gasteiger partial charge is 0.383 e. The number of aryl methyl sites for hydroxylation is 1. The number of hydrogen-bond donors (Lipinski definition) is 2. The minimum Gasteiger partial charge on any atom is -0.383 e. The third-order valence-electron chi connectivity index (χ3n) is 2.61. The van der Waals surface area contributed by atoms with E-state index in [-0.39, 0.29) is 5.69 Å². The van der Waals surface area contributed by atoms with Crippen LogP contribution in [0, 0.1) is 6.92 Å². The first-order chi connectivity index (χ1) is 8.09. The van der Waals surface area contributed by atoms with Crippen molar-refractivity contribution in [3.05, 3.63) is 47.4 Å². The molecule has 2 aromatic rings. The number of aromatic nitrogens is 2. The van der Waals surface area contributed by atoms with Crippen molar-refractivity contribution in [2.24, 2.45) is 5.73 Å². The molecular weight excluding hydrogens is 216 g/mol. The number of primary amides is 1. The Morgan fingerprint density at radius 3 is 2.53 bits per heavy atom. The molecule has 0 aliphatic carbocycles. The molecule has 1 aromatic heterocycles. The van der Waals surface area contributed by atoms with Crippen molar-refractivity contribution >= 4 is 11.7 Å². The van der Waals surface area contributed by atoms with Crippen molar-refractivity contribution in [2.75, 3.05) is 5.73 Å². The Morgan fingerprint density at radius 1 is 1.35 bits per heavy atom. The highest BCUT2D eigenvalue weighted by atomic mass is 16.1. The van der Waals surface area contributed by atoms with Gasteiger partial charge >= 0.3 is 0 Å². The Kier molecular flexibility index (Phi) is 2.82. The van der Waals surface area contributed by atoms with E-state index in [0.717, 1.165) is 5.56 Å². The predicted octanol–water partition coefficient (Wildman–Crippen LogP) is 0.921. The Hall–Kier alpha value is -2.30. The van der Waals surface area contributed by atoms with Gasteiger partial charge < -0.3 is 16.0 Å². The Bertz CT molecular complexity index is 545. The molecule has 4 N–H and O–H groups in total. The first kappa shape index (κ1) is 11.2. The maximum Gasteiger partial charge on any atom is 0.271 e. The van der Waals surface area contributed by atoms with Gasteiger partial charge in [-0.2, -0.15) is 0 Å².